The van der Waals surface area contributed by atoms with Gasteiger partial charge in [0, 0.05) is 21.2 Å². The molecule has 0 aromatic heterocycles. The molecule has 1 heterocycles. The standard InChI is InChI=1S/C10H11Cl2N5/c1-2-6-7(11)3-5(4-8(6)12)10(14)15-9(13)16-17-10/h2-4,17H,1,14H2,(H3,13,15,16). The number of halogens is 2. The largest absolute Gasteiger partial charge is 0.369 e. The highest BCUT2D eigenvalue weighted by molar-refractivity contribution is 6.37. The Kier molecular flexibility index (Phi) is 3.01. The second kappa shape index (κ2) is 4.19. The minimum absolute atomic E-state index is 0.201. The molecule has 0 saturated heterocycles. The van der Waals surface area contributed by atoms with Crippen molar-refractivity contribution >= 4 is 35.2 Å². The minimum atomic E-state index is -1.17. The number of hydrogen-bond donors (Lipinski definition) is 4. The molecule has 0 bridgehead atoms. The molecule has 0 fully saturated rings. The molecule has 5 nitrogen and oxygen atoms in total. The second-order valence-corrected chi connectivity index (χ2v) is 4.39. The van der Waals surface area contributed by atoms with Crippen molar-refractivity contribution < 1.29 is 0 Å². The van der Waals surface area contributed by atoms with Gasteiger partial charge in [0.25, 0.3) is 0 Å². The van der Waals surface area contributed by atoms with Crippen LogP contribution in [0.5, 0.6) is 0 Å². The number of rotatable bonds is 2. The molecule has 6 N–H and O–H groups in total. The van der Waals surface area contributed by atoms with Gasteiger partial charge < -0.3 is 5.73 Å². The molecular weight excluding hydrogens is 261 g/mol. The summed E-state index contributed by atoms with van der Waals surface area (Å²) in [5.41, 5.74) is 18.1. The van der Waals surface area contributed by atoms with E-state index in [1.807, 2.05) is 0 Å². The first kappa shape index (κ1) is 12.2. The summed E-state index contributed by atoms with van der Waals surface area (Å²) < 4.78 is 0. The lowest BCUT2D eigenvalue weighted by Gasteiger charge is -2.21. The normalized spacial score (nSPS) is 23.1. The highest BCUT2D eigenvalue weighted by Gasteiger charge is 2.32. The van der Waals surface area contributed by atoms with Crippen molar-refractivity contribution in [2.75, 3.05) is 0 Å². The van der Waals surface area contributed by atoms with E-state index in [2.05, 4.69) is 22.4 Å². The number of hydrogen-bond acceptors (Lipinski definition) is 5. The summed E-state index contributed by atoms with van der Waals surface area (Å²) >= 11 is 12.1. The van der Waals surface area contributed by atoms with Crippen molar-refractivity contribution in [3.8, 4) is 0 Å². The molecular formula is C10H11Cl2N5. The molecule has 2 rings (SSSR count). The maximum atomic E-state index is 6.07. The third kappa shape index (κ3) is 2.10. The number of benzene rings is 1. The molecule has 0 saturated carbocycles. The van der Waals surface area contributed by atoms with Crippen molar-refractivity contribution in [3.63, 3.8) is 0 Å². The van der Waals surface area contributed by atoms with Crippen molar-refractivity contribution in [1.29, 1.82) is 0 Å². The third-order valence-corrected chi connectivity index (χ3v) is 3.03. The number of nitrogens with two attached hydrogens (primary N) is 2. The molecule has 1 aromatic carbocycles. The second-order valence-electron chi connectivity index (χ2n) is 3.57. The Morgan fingerprint density at radius 3 is 2.35 bits per heavy atom. The summed E-state index contributed by atoms with van der Waals surface area (Å²) in [4.78, 5) is 4.04. The van der Waals surface area contributed by atoms with Crippen LogP contribution in [0.25, 0.3) is 6.08 Å². The van der Waals surface area contributed by atoms with Gasteiger partial charge in [-0.1, -0.05) is 35.9 Å². The van der Waals surface area contributed by atoms with Crippen LogP contribution in [0.4, 0.5) is 0 Å². The molecule has 1 aliphatic rings. The van der Waals surface area contributed by atoms with Crippen molar-refractivity contribution in [2.45, 2.75) is 5.79 Å². The van der Waals surface area contributed by atoms with Gasteiger partial charge in [-0.2, -0.15) is 5.43 Å². The van der Waals surface area contributed by atoms with Crippen molar-refractivity contribution in [2.24, 2.45) is 16.5 Å². The van der Waals surface area contributed by atoms with E-state index < -0.39 is 5.79 Å². The van der Waals surface area contributed by atoms with E-state index >= 15 is 0 Å². The van der Waals surface area contributed by atoms with E-state index in [9.17, 15) is 0 Å². The van der Waals surface area contributed by atoms with E-state index in [1.54, 1.807) is 18.2 Å². The molecule has 0 aliphatic carbocycles. The molecule has 1 unspecified atom stereocenters. The first-order valence-corrected chi connectivity index (χ1v) is 5.51. The zero-order chi connectivity index (χ0) is 12.6. The topological polar surface area (TPSA) is 88.5 Å². The van der Waals surface area contributed by atoms with E-state index in [1.165, 1.54) is 0 Å². The number of aliphatic imine (C=N–C) groups is 1. The van der Waals surface area contributed by atoms with Gasteiger partial charge in [-0.05, 0) is 12.1 Å². The van der Waals surface area contributed by atoms with Crippen LogP contribution >= 0.6 is 23.2 Å². The van der Waals surface area contributed by atoms with Crippen LogP contribution < -0.4 is 22.3 Å². The molecule has 17 heavy (non-hydrogen) atoms. The van der Waals surface area contributed by atoms with Crippen LogP contribution in [-0.4, -0.2) is 5.96 Å². The average molecular weight is 272 g/mol. The SMILES string of the molecule is C=Cc1c(Cl)cc(C2(N)N=C(N)NN2)cc1Cl. The first-order chi connectivity index (χ1) is 7.96. The quantitative estimate of drug-likeness (QED) is 0.649. The zero-order valence-corrected chi connectivity index (χ0v) is 10.3. The Morgan fingerprint density at radius 2 is 1.94 bits per heavy atom. The van der Waals surface area contributed by atoms with E-state index in [4.69, 9.17) is 34.7 Å². The Morgan fingerprint density at radius 1 is 1.35 bits per heavy atom. The molecule has 0 spiro atoms. The Hall–Kier alpha value is -1.27. The molecule has 1 atom stereocenters. The fraction of sp³-hybridized carbons (Fsp3) is 0.100. The molecule has 90 valence electrons. The van der Waals surface area contributed by atoms with Crippen LogP contribution in [-0.2, 0) is 5.79 Å². The van der Waals surface area contributed by atoms with Gasteiger partial charge in [-0.15, -0.1) is 0 Å². The number of nitrogens with zero attached hydrogens (tertiary/aromatic N) is 1. The monoisotopic (exact) mass is 271 g/mol. The number of hydrazine groups is 1. The maximum absolute atomic E-state index is 6.07. The predicted molar refractivity (Wildman–Crippen MR) is 70.3 cm³/mol. The van der Waals surface area contributed by atoms with E-state index in [-0.39, 0.29) is 5.96 Å². The summed E-state index contributed by atoms with van der Waals surface area (Å²) in [5, 5.41) is 0.907. The summed E-state index contributed by atoms with van der Waals surface area (Å²) in [6.45, 7) is 3.63. The Bertz CT molecular complexity index is 490. The first-order valence-electron chi connectivity index (χ1n) is 4.75. The predicted octanol–water partition coefficient (Wildman–Crippen LogP) is 1.13. The zero-order valence-electron chi connectivity index (χ0n) is 8.80. The van der Waals surface area contributed by atoms with Gasteiger partial charge in [0.15, 0.2) is 0 Å². The van der Waals surface area contributed by atoms with Crippen LogP contribution in [0.15, 0.2) is 23.7 Å². The maximum Gasteiger partial charge on any atom is 0.209 e. The van der Waals surface area contributed by atoms with Gasteiger partial charge in [0.2, 0.25) is 11.7 Å². The van der Waals surface area contributed by atoms with Gasteiger partial charge in [0.1, 0.15) is 0 Å². The van der Waals surface area contributed by atoms with Crippen molar-refractivity contribution in [3.05, 3.63) is 39.9 Å². The van der Waals surface area contributed by atoms with Gasteiger partial charge in [-0.3, -0.25) is 11.2 Å². The molecule has 1 aliphatic heterocycles. The smallest absolute Gasteiger partial charge is 0.209 e. The lowest BCUT2D eigenvalue weighted by molar-refractivity contribution is 0.375. The van der Waals surface area contributed by atoms with Crippen LogP contribution in [0, 0.1) is 0 Å². The van der Waals surface area contributed by atoms with Gasteiger partial charge >= 0.3 is 0 Å². The number of guanidine groups is 1. The molecule has 0 amide bonds. The summed E-state index contributed by atoms with van der Waals surface area (Å²) in [7, 11) is 0. The summed E-state index contributed by atoms with van der Waals surface area (Å²) in [6, 6.07) is 3.34. The summed E-state index contributed by atoms with van der Waals surface area (Å²) in [6.07, 6.45) is 1.58. The van der Waals surface area contributed by atoms with E-state index in [0.29, 0.717) is 21.2 Å². The van der Waals surface area contributed by atoms with Crippen LogP contribution in [0.2, 0.25) is 10.0 Å². The highest BCUT2D eigenvalue weighted by atomic mass is 35.5. The average Bonchev–Trinajstić information content (AvgIpc) is 2.59. The summed E-state index contributed by atoms with van der Waals surface area (Å²) in [5.74, 6) is -0.968. The van der Waals surface area contributed by atoms with Crippen LogP contribution in [0.1, 0.15) is 11.1 Å². The third-order valence-electron chi connectivity index (χ3n) is 2.40. The Balaban J connectivity index is 2.51. The Labute approximate surface area is 108 Å². The van der Waals surface area contributed by atoms with Gasteiger partial charge in [0.05, 0.1) is 0 Å². The fourth-order valence-corrected chi connectivity index (χ4v) is 2.18. The molecule has 0 radical (unpaired) electrons. The molecule has 1 aromatic rings. The van der Waals surface area contributed by atoms with Crippen LogP contribution in [0.3, 0.4) is 0 Å². The number of nitrogens with one attached hydrogen (secondary N) is 2. The van der Waals surface area contributed by atoms with Crippen molar-refractivity contribution in [1.82, 2.24) is 10.9 Å². The lowest BCUT2D eigenvalue weighted by atomic mass is 10.1. The highest BCUT2D eigenvalue weighted by Crippen LogP contribution is 2.31. The molecule has 7 heteroatoms. The minimum Gasteiger partial charge on any atom is -0.369 e. The fourth-order valence-electron chi connectivity index (χ4n) is 1.54. The van der Waals surface area contributed by atoms with Gasteiger partial charge in [-0.25, -0.2) is 4.99 Å². The lowest BCUT2D eigenvalue weighted by Crippen LogP contribution is -2.50. The van der Waals surface area contributed by atoms with E-state index in [0.717, 1.165) is 0 Å².